The zero-order valence-electron chi connectivity index (χ0n) is 7.97. The zero-order chi connectivity index (χ0) is 9.97. The molecule has 5 nitrogen and oxygen atoms in total. The predicted molar refractivity (Wildman–Crippen MR) is 53.1 cm³/mol. The number of ether oxygens (including phenoxy) is 1. The molecule has 1 aromatic carbocycles. The van der Waals surface area contributed by atoms with Crippen molar-refractivity contribution in [2.24, 2.45) is 12.8 Å². The molecular formula is C9H12N4O. The lowest BCUT2D eigenvalue weighted by Crippen LogP contribution is -2.10. The van der Waals surface area contributed by atoms with Crippen LogP contribution in [0.4, 0.5) is 0 Å². The number of nitrogens with zero attached hydrogens (tertiary/aromatic N) is 3. The molecule has 0 saturated carbocycles. The van der Waals surface area contributed by atoms with Gasteiger partial charge in [-0.1, -0.05) is 5.21 Å². The highest BCUT2D eigenvalue weighted by Crippen LogP contribution is 2.17. The van der Waals surface area contributed by atoms with E-state index >= 15 is 0 Å². The number of aryl methyl sites for hydroxylation is 1. The van der Waals surface area contributed by atoms with E-state index in [1.54, 1.807) is 4.68 Å². The number of nitrogens with two attached hydrogens (primary N) is 1. The second-order valence-electron chi connectivity index (χ2n) is 3.00. The first-order valence-corrected chi connectivity index (χ1v) is 4.43. The van der Waals surface area contributed by atoms with Crippen molar-refractivity contribution >= 4 is 11.0 Å². The summed E-state index contributed by atoms with van der Waals surface area (Å²) < 4.78 is 7.11. The van der Waals surface area contributed by atoms with Crippen LogP contribution in [0.15, 0.2) is 18.2 Å². The van der Waals surface area contributed by atoms with Gasteiger partial charge in [-0.15, -0.1) is 5.10 Å². The third-order valence-corrected chi connectivity index (χ3v) is 1.97. The minimum absolute atomic E-state index is 0.516. The van der Waals surface area contributed by atoms with Gasteiger partial charge in [0, 0.05) is 19.7 Å². The molecule has 0 aliphatic carbocycles. The fourth-order valence-corrected chi connectivity index (χ4v) is 1.28. The molecule has 1 heterocycles. The van der Waals surface area contributed by atoms with E-state index in [2.05, 4.69) is 10.3 Å². The van der Waals surface area contributed by atoms with Crippen molar-refractivity contribution in [3.05, 3.63) is 18.2 Å². The summed E-state index contributed by atoms with van der Waals surface area (Å²) in [6.45, 7) is 1.04. The summed E-state index contributed by atoms with van der Waals surface area (Å²) in [5.74, 6) is 0.799. The molecule has 74 valence electrons. The first-order valence-electron chi connectivity index (χ1n) is 4.43. The summed E-state index contributed by atoms with van der Waals surface area (Å²) >= 11 is 0. The predicted octanol–water partition coefficient (Wildman–Crippen LogP) is 0.306. The van der Waals surface area contributed by atoms with Gasteiger partial charge in [0.15, 0.2) is 0 Å². The molecule has 0 fully saturated rings. The van der Waals surface area contributed by atoms with Gasteiger partial charge in [0.2, 0.25) is 0 Å². The summed E-state index contributed by atoms with van der Waals surface area (Å²) in [6, 6.07) is 5.66. The topological polar surface area (TPSA) is 66.0 Å². The molecule has 0 saturated heterocycles. The smallest absolute Gasteiger partial charge is 0.121 e. The fraction of sp³-hybridized carbons (Fsp3) is 0.333. The van der Waals surface area contributed by atoms with Crippen molar-refractivity contribution in [2.45, 2.75) is 0 Å². The van der Waals surface area contributed by atoms with E-state index in [0.29, 0.717) is 13.2 Å². The van der Waals surface area contributed by atoms with Gasteiger partial charge in [0.25, 0.3) is 0 Å². The van der Waals surface area contributed by atoms with Gasteiger partial charge in [-0.25, -0.2) is 4.68 Å². The largest absolute Gasteiger partial charge is 0.492 e. The summed E-state index contributed by atoms with van der Waals surface area (Å²) in [6.07, 6.45) is 0. The van der Waals surface area contributed by atoms with Crippen molar-refractivity contribution < 1.29 is 4.74 Å². The van der Waals surface area contributed by atoms with Crippen molar-refractivity contribution in [1.29, 1.82) is 0 Å². The van der Waals surface area contributed by atoms with Gasteiger partial charge in [0.1, 0.15) is 17.9 Å². The molecule has 0 aliphatic heterocycles. The second kappa shape index (κ2) is 3.63. The van der Waals surface area contributed by atoms with Crippen LogP contribution in [0.1, 0.15) is 0 Å². The Morgan fingerprint density at radius 1 is 1.50 bits per heavy atom. The van der Waals surface area contributed by atoms with Gasteiger partial charge in [-0.05, 0) is 12.1 Å². The van der Waals surface area contributed by atoms with Crippen molar-refractivity contribution in [1.82, 2.24) is 15.0 Å². The minimum atomic E-state index is 0.516. The van der Waals surface area contributed by atoms with E-state index in [9.17, 15) is 0 Å². The first kappa shape index (κ1) is 8.96. The van der Waals surface area contributed by atoms with E-state index in [1.807, 2.05) is 25.2 Å². The van der Waals surface area contributed by atoms with Crippen LogP contribution in [0.25, 0.3) is 11.0 Å². The number of aromatic nitrogens is 3. The van der Waals surface area contributed by atoms with Crippen LogP contribution in [-0.4, -0.2) is 28.1 Å². The van der Waals surface area contributed by atoms with Crippen LogP contribution >= 0.6 is 0 Å². The highest BCUT2D eigenvalue weighted by Gasteiger charge is 2.02. The molecule has 1 aromatic heterocycles. The third kappa shape index (κ3) is 1.54. The Morgan fingerprint density at radius 2 is 2.36 bits per heavy atom. The summed E-state index contributed by atoms with van der Waals surface area (Å²) in [4.78, 5) is 0. The van der Waals surface area contributed by atoms with E-state index < -0.39 is 0 Å². The first-order chi connectivity index (χ1) is 6.81. The van der Waals surface area contributed by atoms with Crippen molar-refractivity contribution in [3.8, 4) is 5.75 Å². The van der Waals surface area contributed by atoms with Crippen LogP contribution in [0.3, 0.4) is 0 Å². The van der Waals surface area contributed by atoms with Gasteiger partial charge >= 0.3 is 0 Å². The molecule has 5 heteroatoms. The van der Waals surface area contributed by atoms with Crippen LogP contribution in [0.2, 0.25) is 0 Å². The number of hydrogen-bond donors (Lipinski definition) is 1. The SMILES string of the molecule is Cn1nnc2ccc(OCCN)cc21. The van der Waals surface area contributed by atoms with Gasteiger partial charge in [0.05, 0.1) is 5.52 Å². The van der Waals surface area contributed by atoms with E-state index in [4.69, 9.17) is 10.5 Å². The Kier molecular flexibility index (Phi) is 2.32. The summed E-state index contributed by atoms with van der Waals surface area (Å²) in [5.41, 5.74) is 7.17. The lowest BCUT2D eigenvalue weighted by molar-refractivity contribution is 0.328. The van der Waals surface area contributed by atoms with Crippen LogP contribution in [0, 0.1) is 0 Å². The Bertz CT molecular complexity index is 437. The molecule has 0 radical (unpaired) electrons. The maximum Gasteiger partial charge on any atom is 0.121 e. The van der Waals surface area contributed by atoms with E-state index in [-0.39, 0.29) is 0 Å². The van der Waals surface area contributed by atoms with E-state index in [0.717, 1.165) is 16.8 Å². The molecule has 0 aliphatic rings. The highest BCUT2D eigenvalue weighted by atomic mass is 16.5. The third-order valence-electron chi connectivity index (χ3n) is 1.97. The molecule has 0 bridgehead atoms. The zero-order valence-corrected chi connectivity index (χ0v) is 7.97. The number of benzene rings is 1. The van der Waals surface area contributed by atoms with Gasteiger partial charge in [-0.3, -0.25) is 0 Å². The number of rotatable bonds is 3. The average molecular weight is 192 g/mol. The van der Waals surface area contributed by atoms with Crippen LogP contribution in [-0.2, 0) is 7.05 Å². The fourth-order valence-electron chi connectivity index (χ4n) is 1.28. The maximum absolute atomic E-state index is 5.39. The summed E-state index contributed by atoms with van der Waals surface area (Å²) in [5, 5.41) is 7.88. The molecule has 0 atom stereocenters. The normalized spacial score (nSPS) is 10.7. The van der Waals surface area contributed by atoms with Gasteiger partial charge < -0.3 is 10.5 Å². The molecular weight excluding hydrogens is 180 g/mol. The monoisotopic (exact) mass is 192 g/mol. The molecule has 2 aromatic rings. The second-order valence-corrected chi connectivity index (χ2v) is 3.00. The lowest BCUT2D eigenvalue weighted by Gasteiger charge is -2.03. The van der Waals surface area contributed by atoms with Gasteiger partial charge in [-0.2, -0.15) is 0 Å². The number of hydrogen-bond acceptors (Lipinski definition) is 4. The minimum Gasteiger partial charge on any atom is -0.492 e. The van der Waals surface area contributed by atoms with E-state index in [1.165, 1.54) is 0 Å². The Balaban J connectivity index is 2.34. The standard InChI is InChI=1S/C9H12N4O/c1-13-9-6-7(14-5-4-10)2-3-8(9)11-12-13/h2-3,6H,4-5,10H2,1H3. The lowest BCUT2D eigenvalue weighted by atomic mass is 10.3. The molecule has 2 N–H and O–H groups in total. The Hall–Kier alpha value is -1.62. The molecule has 2 rings (SSSR count). The molecule has 14 heavy (non-hydrogen) atoms. The van der Waals surface area contributed by atoms with Crippen molar-refractivity contribution in [2.75, 3.05) is 13.2 Å². The molecule has 0 unspecified atom stereocenters. The summed E-state index contributed by atoms with van der Waals surface area (Å²) in [7, 11) is 1.85. The van der Waals surface area contributed by atoms with Crippen molar-refractivity contribution in [3.63, 3.8) is 0 Å². The van der Waals surface area contributed by atoms with Crippen LogP contribution < -0.4 is 10.5 Å². The quantitative estimate of drug-likeness (QED) is 0.759. The number of fused-ring (bicyclic) bond motifs is 1. The van der Waals surface area contributed by atoms with Crippen LogP contribution in [0.5, 0.6) is 5.75 Å². The molecule has 0 spiro atoms. The Labute approximate surface area is 81.5 Å². The average Bonchev–Trinajstić information content (AvgIpc) is 2.57. The highest BCUT2D eigenvalue weighted by molar-refractivity contribution is 5.75. The Morgan fingerprint density at radius 3 is 3.14 bits per heavy atom. The maximum atomic E-state index is 5.39. The molecule has 0 amide bonds.